The molecule has 6 heteroatoms. The van der Waals surface area contributed by atoms with Crippen LogP contribution in [0.5, 0.6) is 0 Å². The fraction of sp³-hybridized carbons (Fsp3) is 0.385. The number of rotatable bonds is 2. The molecule has 2 atom stereocenters. The lowest BCUT2D eigenvalue weighted by atomic mass is 10.1. The van der Waals surface area contributed by atoms with E-state index in [9.17, 15) is 9.59 Å². The number of carbonyl (C=O) groups excluding carboxylic acids is 2. The Labute approximate surface area is 125 Å². The first-order valence-corrected chi connectivity index (χ1v) is 7.12. The molecule has 0 aromatic heterocycles. The molecule has 19 heavy (non-hydrogen) atoms. The van der Waals surface area contributed by atoms with E-state index in [1.807, 2.05) is 12.1 Å². The van der Waals surface area contributed by atoms with Crippen molar-refractivity contribution in [2.75, 3.05) is 0 Å². The van der Waals surface area contributed by atoms with E-state index in [1.165, 1.54) is 0 Å². The minimum Gasteiger partial charge on any atom is -0.343 e. The third-order valence-electron chi connectivity index (χ3n) is 3.22. The highest BCUT2D eigenvalue weighted by molar-refractivity contribution is 9.10. The summed E-state index contributed by atoms with van der Waals surface area (Å²) in [6.45, 7) is 3.73. The van der Waals surface area contributed by atoms with E-state index < -0.39 is 12.1 Å². The van der Waals surface area contributed by atoms with Gasteiger partial charge in [-0.3, -0.25) is 9.59 Å². The van der Waals surface area contributed by atoms with Crippen LogP contribution in [0.1, 0.15) is 19.4 Å². The predicted octanol–water partition coefficient (Wildman–Crippen LogP) is 2.34. The van der Waals surface area contributed by atoms with Gasteiger partial charge in [0.2, 0.25) is 11.8 Å². The van der Waals surface area contributed by atoms with Crippen LogP contribution in [0.15, 0.2) is 22.7 Å². The predicted molar refractivity (Wildman–Crippen MR) is 76.8 cm³/mol. The van der Waals surface area contributed by atoms with Gasteiger partial charge in [0, 0.05) is 16.0 Å². The molecule has 1 fully saturated rings. The van der Waals surface area contributed by atoms with Gasteiger partial charge in [-0.1, -0.05) is 33.6 Å². The maximum Gasteiger partial charge on any atom is 0.245 e. The standard InChI is InChI=1S/C13H14BrClN2O2/c1-7-13(19)17(8(2)12(18)16-7)6-9-3-4-10(14)5-11(9)15/h3-5,7-8H,6H2,1-2H3,(H,16,18). The first-order chi connectivity index (χ1) is 8.90. The second kappa shape index (κ2) is 5.51. The molecule has 0 bridgehead atoms. The van der Waals surface area contributed by atoms with Gasteiger partial charge < -0.3 is 10.2 Å². The Kier molecular flexibility index (Phi) is 4.16. The second-order valence-electron chi connectivity index (χ2n) is 4.61. The zero-order valence-electron chi connectivity index (χ0n) is 10.6. The molecule has 102 valence electrons. The molecule has 1 heterocycles. The fourth-order valence-corrected chi connectivity index (χ4v) is 2.76. The molecule has 1 aromatic carbocycles. The summed E-state index contributed by atoms with van der Waals surface area (Å²) in [6.07, 6.45) is 0. The highest BCUT2D eigenvalue weighted by atomic mass is 79.9. The number of hydrogen-bond acceptors (Lipinski definition) is 2. The topological polar surface area (TPSA) is 49.4 Å². The van der Waals surface area contributed by atoms with Gasteiger partial charge in [-0.2, -0.15) is 0 Å². The molecular weight excluding hydrogens is 332 g/mol. The summed E-state index contributed by atoms with van der Waals surface area (Å²) in [5.74, 6) is -0.230. The van der Waals surface area contributed by atoms with Crippen molar-refractivity contribution in [3.05, 3.63) is 33.3 Å². The van der Waals surface area contributed by atoms with Crippen molar-refractivity contribution in [1.29, 1.82) is 0 Å². The lowest BCUT2D eigenvalue weighted by Crippen LogP contribution is -2.60. The van der Waals surface area contributed by atoms with Crippen molar-refractivity contribution in [2.24, 2.45) is 0 Å². The van der Waals surface area contributed by atoms with Crippen molar-refractivity contribution in [3.8, 4) is 0 Å². The van der Waals surface area contributed by atoms with E-state index in [-0.39, 0.29) is 11.8 Å². The number of amides is 2. The molecule has 0 spiro atoms. The van der Waals surface area contributed by atoms with Crippen molar-refractivity contribution in [1.82, 2.24) is 10.2 Å². The first-order valence-electron chi connectivity index (χ1n) is 5.95. The highest BCUT2D eigenvalue weighted by Crippen LogP contribution is 2.24. The third-order valence-corrected chi connectivity index (χ3v) is 4.06. The number of piperazine rings is 1. The van der Waals surface area contributed by atoms with E-state index in [0.29, 0.717) is 11.6 Å². The van der Waals surface area contributed by atoms with Gasteiger partial charge in [-0.15, -0.1) is 0 Å². The normalized spacial score (nSPS) is 23.5. The van der Waals surface area contributed by atoms with Crippen molar-refractivity contribution < 1.29 is 9.59 Å². The molecule has 0 saturated carbocycles. The van der Waals surface area contributed by atoms with Crippen LogP contribution < -0.4 is 5.32 Å². The maximum absolute atomic E-state index is 12.1. The molecule has 1 N–H and O–H groups in total. The number of nitrogens with one attached hydrogen (secondary N) is 1. The van der Waals surface area contributed by atoms with Crippen molar-refractivity contribution >= 4 is 39.3 Å². The minimum absolute atomic E-state index is 0.0916. The van der Waals surface area contributed by atoms with Crippen LogP contribution >= 0.6 is 27.5 Å². The van der Waals surface area contributed by atoms with Crippen molar-refractivity contribution in [2.45, 2.75) is 32.5 Å². The minimum atomic E-state index is -0.488. The fourth-order valence-electron chi connectivity index (χ4n) is 2.03. The van der Waals surface area contributed by atoms with Gasteiger partial charge in [0.15, 0.2) is 0 Å². The average molecular weight is 346 g/mol. The maximum atomic E-state index is 12.1. The van der Waals surface area contributed by atoms with Crippen molar-refractivity contribution in [3.63, 3.8) is 0 Å². The van der Waals surface area contributed by atoms with Gasteiger partial charge in [-0.25, -0.2) is 0 Å². The Bertz CT molecular complexity index is 535. The summed E-state index contributed by atoms with van der Waals surface area (Å²) < 4.78 is 0.880. The van der Waals surface area contributed by atoms with E-state index in [4.69, 9.17) is 11.6 Å². The first kappa shape index (κ1) is 14.3. The molecule has 2 amide bonds. The molecule has 1 saturated heterocycles. The summed E-state index contributed by atoms with van der Waals surface area (Å²) in [6, 6.07) is 4.52. The summed E-state index contributed by atoms with van der Waals surface area (Å²) in [5.41, 5.74) is 0.826. The largest absolute Gasteiger partial charge is 0.343 e. The molecule has 1 aliphatic rings. The average Bonchev–Trinajstić information content (AvgIpc) is 2.34. The molecule has 0 aliphatic carbocycles. The SMILES string of the molecule is CC1NC(=O)C(C)N(Cc2ccc(Br)cc2Cl)C1=O. The zero-order chi connectivity index (χ0) is 14.2. The Morgan fingerprint density at radius 2 is 2.05 bits per heavy atom. The lowest BCUT2D eigenvalue weighted by Gasteiger charge is -2.36. The van der Waals surface area contributed by atoms with Crippen LogP contribution in [-0.4, -0.2) is 28.8 Å². The summed E-state index contributed by atoms with van der Waals surface area (Å²) in [5, 5.41) is 3.22. The van der Waals surface area contributed by atoms with E-state index in [0.717, 1.165) is 10.0 Å². The van der Waals surface area contributed by atoms with Gasteiger partial charge in [0.05, 0.1) is 0 Å². The van der Waals surface area contributed by atoms with Crippen LogP contribution in [0.3, 0.4) is 0 Å². The lowest BCUT2D eigenvalue weighted by molar-refractivity contribution is -0.148. The van der Waals surface area contributed by atoms with Gasteiger partial charge in [0.25, 0.3) is 0 Å². The van der Waals surface area contributed by atoms with Crippen LogP contribution in [0.4, 0.5) is 0 Å². The van der Waals surface area contributed by atoms with Gasteiger partial charge in [-0.05, 0) is 31.5 Å². The number of benzene rings is 1. The highest BCUT2D eigenvalue weighted by Gasteiger charge is 2.35. The van der Waals surface area contributed by atoms with Crippen LogP contribution in [0.2, 0.25) is 5.02 Å². The Balaban J connectivity index is 2.25. The van der Waals surface area contributed by atoms with Gasteiger partial charge in [0.1, 0.15) is 12.1 Å². The van der Waals surface area contributed by atoms with Crippen LogP contribution in [0, 0.1) is 0 Å². The monoisotopic (exact) mass is 344 g/mol. The molecule has 2 rings (SSSR count). The van der Waals surface area contributed by atoms with E-state index in [1.54, 1.807) is 24.8 Å². The third kappa shape index (κ3) is 2.92. The summed E-state index contributed by atoms with van der Waals surface area (Å²) >= 11 is 9.48. The molecule has 1 aromatic rings. The summed E-state index contributed by atoms with van der Waals surface area (Å²) in [7, 11) is 0. The molecule has 2 unspecified atom stereocenters. The van der Waals surface area contributed by atoms with Crippen LogP contribution in [-0.2, 0) is 16.1 Å². The smallest absolute Gasteiger partial charge is 0.245 e. The Morgan fingerprint density at radius 3 is 2.68 bits per heavy atom. The second-order valence-corrected chi connectivity index (χ2v) is 5.93. The molecule has 1 aliphatic heterocycles. The summed E-state index contributed by atoms with van der Waals surface area (Å²) in [4.78, 5) is 25.4. The number of nitrogens with zero attached hydrogens (tertiary/aromatic N) is 1. The Hall–Kier alpha value is -1.07. The quantitative estimate of drug-likeness (QED) is 0.894. The number of carbonyl (C=O) groups is 2. The zero-order valence-corrected chi connectivity index (χ0v) is 13.0. The number of halogens is 2. The van der Waals surface area contributed by atoms with E-state index in [2.05, 4.69) is 21.2 Å². The molecular formula is C13H14BrClN2O2. The molecule has 0 radical (unpaired) electrons. The van der Waals surface area contributed by atoms with Crippen LogP contribution in [0.25, 0.3) is 0 Å². The van der Waals surface area contributed by atoms with Gasteiger partial charge >= 0.3 is 0 Å². The molecule has 4 nitrogen and oxygen atoms in total. The Morgan fingerprint density at radius 1 is 1.37 bits per heavy atom. The van der Waals surface area contributed by atoms with E-state index >= 15 is 0 Å². The number of hydrogen-bond donors (Lipinski definition) is 1.